The maximum absolute atomic E-state index is 12.6. The molecule has 22 heavy (non-hydrogen) atoms. The predicted molar refractivity (Wildman–Crippen MR) is 86.9 cm³/mol. The molecular weight excluding hydrogens is 280 g/mol. The molecule has 5 heteroatoms. The van der Waals surface area contributed by atoms with E-state index in [1.807, 2.05) is 0 Å². The van der Waals surface area contributed by atoms with Crippen molar-refractivity contribution in [2.45, 2.75) is 63.6 Å². The number of carbonyl (C=O) groups is 1. The van der Waals surface area contributed by atoms with Gasteiger partial charge in [0.25, 0.3) is 0 Å². The van der Waals surface area contributed by atoms with E-state index in [0.717, 1.165) is 45.3 Å². The van der Waals surface area contributed by atoms with Crippen LogP contribution >= 0.6 is 0 Å². The number of hydrogen-bond donors (Lipinski definition) is 0. The molecule has 0 saturated carbocycles. The summed E-state index contributed by atoms with van der Waals surface area (Å²) in [5.74, 6) is 0.147. The van der Waals surface area contributed by atoms with Crippen molar-refractivity contribution in [2.24, 2.45) is 0 Å². The van der Waals surface area contributed by atoms with Crippen LogP contribution in [-0.4, -0.2) is 74.4 Å². The van der Waals surface area contributed by atoms with E-state index in [1.165, 1.54) is 6.42 Å². The van der Waals surface area contributed by atoms with Gasteiger partial charge in [-0.2, -0.15) is 0 Å². The molecule has 5 nitrogen and oxygen atoms in total. The Kier molecular flexibility index (Phi) is 7.12. The van der Waals surface area contributed by atoms with Crippen LogP contribution in [0.2, 0.25) is 0 Å². The van der Waals surface area contributed by atoms with Crippen molar-refractivity contribution < 1.29 is 14.3 Å². The quantitative estimate of drug-likeness (QED) is 0.720. The number of nitrogens with zero attached hydrogens (tertiary/aromatic N) is 2. The highest BCUT2D eigenvalue weighted by molar-refractivity contribution is 5.78. The van der Waals surface area contributed by atoms with Crippen molar-refractivity contribution in [2.75, 3.05) is 40.5 Å². The molecule has 3 atom stereocenters. The molecule has 2 fully saturated rings. The van der Waals surface area contributed by atoms with E-state index in [0.29, 0.717) is 18.7 Å². The zero-order valence-electron chi connectivity index (χ0n) is 14.4. The Labute approximate surface area is 134 Å². The Balaban J connectivity index is 1.79. The maximum atomic E-state index is 12.6. The average molecular weight is 312 g/mol. The van der Waals surface area contributed by atoms with Gasteiger partial charge in [0.2, 0.25) is 5.91 Å². The number of hydrogen-bond acceptors (Lipinski definition) is 4. The van der Waals surface area contributed by atoms with Gasteiger partial charge < -0.3 is 19.3 Å². The Hall–Kier alpha value is -0.650. The molecular formula is C17H32N2O3. The molecule has 0 N–H and O–H groups in total. The summed E-state index contributed by atoms with van der Waals surface area (Å²) >= 11 is 0. The van der Waals surface area contributed by atoms with Crippen LogP contribution in [0, 0.1) is 0 Å². The van der Waals surface area contributed by atoms with Gasteiger partial charge in [0.05, 0.1) is 12.7 Å². The zero-order chi connectivity index (χ0) is 15.9. The second-order valence-electron chi connectivity index (χ2n) is 6.98. The van der Waals surface area contributed by atoms with Crippen LogP contribution < -0.4 is 0 Å². The van der Waals surface area contributed by atoms with Crippen LogP contribution in [0.3, 0.4) is 0 Å². The molecule has 2 saturated heterocycles. The first-order valence-electron chi connectivity index (χ1n) is 8.73. The van der Waals surface area contributed by atoms with Gasteiger partial charge in [-0.15, -0.1) is 0 Å². The number of likely N-dealkylation sites (tertiary alicyclic amines) is 1. The number of piperidine rings is 1. The largest absolute Gasteiger partial charge is 0.376 e. The van der Waals surface area contributed by atoms with E-state index in [2.05, 4.69) is 30.8 Å². The number of rotatable bonds is 7. The first kappa shape index (κ1) is 17.7. The predicted octanol–water partition coefficient (Wildman–Crippen LogP) is 1.90. The fourth-order valence-corrected chi connectivity index (χ4v) is 3.56. The molecule has 0 aromatic carbocycles. The molecule has 2 aliphatic rings. The van der Waals surface area contributed by atoms with Crippen LogP contribution in [0.15, 0.2) is 0 Å². The van der Waals surface area contributed by atoms with Crippen LogP contribution in [-0.2, 0) is 14.3 Å². The first-order valence-corrected chi connectivity index (χ1v) is 8.73. The van der Waals surface area contributed by atoms with Gasteiger partial charge in [-0.3, -0.25) is 4.79 Å². The minimum Gasteiger partial charge on any atom is -0.376 e. The lowest BCUT2D eigenvalue weighted by Crippen LogP contribution is -2.51. The van der Waals surface area contributed by atoms with Gasteiger partial charge in [-0.05, 0) is 66.1 Å². The van der Waals surface area contributed by atoms with Crippen molar-refractivity contribution in [1.82, 2.24) is 9.80 Å². The van der Waals surface area contributed by atoms with Gasteiger partial charge in [-0.1, -0.05) is 0 Å². The minimum absolute atomic E-state index is 0.147. The molecule has 0 radical (unpaired) electrons. The zero-order valence-corrected chi connectivity index (χ0v) is 14.4. The highest BCUT2D eigenvalue weighted by Crippen LogP contribution is 2.25. The molecule has 0 bridgehead atoms. The second-order valence-corrected chi connectivity index (χ2v) is 6.98. The van der Waals surface area contributed by atoms with Crippen LogP contribution in [0.25, 0.3) is 0 Å². The van der Waals surface area contributed by atoms with E-state index in [9.17, 15) is 4.79 Å². The number of carbonyl (C=O) groups excluding carboxylic acids is 1. The molecule has 1 amide bonds. The van der Waals surface area contributed by atoms with Crippen molar-refractivity contribution in [3.63, 3.8) is 0 Å². The monoisotopic (exact) mass is 312 g/mol. The van der Waals surface area contributed by atoms with Crippen molar-refractivity contribution in [1.29, 1.82) is 0 Å². The third-order valence-corrected chi connectivity index (χ3v) is 4.78. The summed E-state index contributed by atoms with van der Waals surface area (Å²) in [4.78, 5) is 16.9. The van der Waals surface area contributed by atoms with Crippen molar-refractivity contribution >= 4 is 5.91 Å². The Morgan fingerprint density at radius 3 is 2.77 bits per heavy atom. The lowest BCUT2D eigenvalue weighted by molar-refractivity contribution is -0.144. The first-order chi connectivity index (χ1) is 10.6. The number of amides is 1. The van der Waals surface area contributed by atoms with E-state index in [4.69, 9.17) is 9.47 Å². The van der Waals surface area contributed by atoms with Crippen molar-refractivity contribution in [3.8, 4) is 0 Å². The Morgan fingerprint density at radius 2 is 2.09 bits per heavy atom. The Morgan fingerprint density at radius 1 is 1.27 bits per heavy atom. The second kappa shape index (κ2) is 8.85. The lowest BCUT2D eigenvalue weighted by Gasteiger charge is -2.41. The molecule has 0 aromatic rings. The van der Waals surface area contributed by atoms with Gasteiger partial charge in [-0.25, -0.2) is 0 Å². The van der Waals surface area contributed by atoms with Crippen molar-refractivity contribution in [3.05, 3.63) is 0 Å². The molecule has 2 aliphatic heterocycles. The molecule has 0 spiro atoms. The standard InChI is InChI=1S/C17H32N2O3/c1-14-6-4-7-15(9-10-18(2)3)19(14)17(20)13-21-12-16-8-5-11-22-16/h14-16H,4-13H2,1-3H3. The normalized spacial score (nSPS) is 29.3. The smallest absolute Gasteiger partial charge is 0.249 e. The fraction of sp³-hybridized carbons (Fsp3) is 0.941. The van der Waals surface area contributed by atoms with Gasteiger partial charge in [0, 0.05) is 18.7 Å². The molecule has 2 heterocycles. The summed E-state index contributed by atoms with van der Waals surface area (Å²) in [5, 5.41) is 0. The topological polar surface area (TPSA) is 42.0 Å². The summed E-state index contributed by atoms with van der Waals surface area (Å²) in [6, 6.07) is 0.699. The van der Waals surface area contributed by atoms with Gasteiger partial charge in [0.1, 0.15) is 6.61 Å². The maximum Gasteiger partial charge on any atom is 0.249 e. The Bertz CT molecular complexity index is 343. The van der Waals surface area contributed by atoms with E-state index in [-0.39, 0.29) is 18.6 Å². The summed E-state index contributed by atoms with van der Waals surface area (Å²) in [6.07, 6.45) is 6.86. The van der Waals surface area contributed by atoms with Crippen LogP contribution in [0.5, 0.6) is 0 Å². The van der Waals surface area contributed by atoms with Gasteiger partial charge >= 0.3 is 0 Å². The summed E-state index contributed by atoms with van der Waals surface area (Å²) in [7, 11) is 4.17. The van der Waals surface area contributed by atoms with Crippen LogP contribution in [0.1, 0.15) is 45.4 Å². The van der Waals surface area contributed by atoms with Gasteiger partial charge in [0.15, 0.2) is 0 Å². The molecule has 3 unspecified atom stereocenters. The fourth-order valence-electron chi connectivity index (χ4n) is 3.56. The summed E-state index contributed by atoms with van der Waals surface area (Å²) in [5.41, 5.74) is 0. The molecule has 0 aliphatic carbocycles. The molecule has 128 valence electrons. The number of ether oxygens (including phenoxy) is 2. The molecule has 2 rings (SSSR count). The summed E-state index contributed by atoms with van der Waals surface area (Å²) < 4.78 is 11.2. The minimum atomic E-state index is 0.147. The highest BCUT2D eigenvalue weighted by atomic mass is 16.5. The van der Waals surface area contributed by atoms with E-state index >= 15 is 0 Å². The van der Waals surface area contributed by atoms with Crippen LogP contribution in [0.4, 0.5) is 0 Å². The third kappa shape index (κ3) is 5.21. The third-order valence-electron chi connectivity index (χ3n) is 4.78. The SMILES string of the molecule is CC1CCCC(CCN(C)C)N1C(=O)COCC1CCCO1. The lowest BCUT2D eigenvalue weighted by atomic mass is 9.94. The molecule has 0 aromatic heterocycles. The highest BCUT2D eigenvalue weighted by Gasteiger charge is 2.31. The van der Waals surface area contributed by atoms with E-state index < -0.39 is 0 Å². The van der Waals surface area contributed by atoms with E-state index in [1.54, 1.807) is 0 Å². The average Bonchev–Trinajstić information content (AvgIpc) is 2.98. The summed E-state index contributed by atoms with van der Waals surface area (Å²) in [6.45, 7) is 4.77.